The van der Waals surface area contributed by atoms with Gasteiger partial charge in [0.2, 0.25) is 0 Å². The minimum absolute atomic E-state index is 0.0917. The Morgan fingerprint density at radius 1 is 1.25 bits per heavy atom. The Labute approximate surface area is 88.5 Å². The summed E-state index contributed by atoms with van der Waals surface area (Å²) < 4.78 is 0.307. The zero-order valence-corrected chi connectivity index (χ0v) is 9.83. The molecule has 2 atom stereocenters. The molecule has 0 aliphatic carbocycles. The smallest absolute Gasteiger partial charge is 0.0679 e. The second-order valence-corrected chi connectivity index (χ2v) is 4.69. The van der Waals surface area contributed by atoms with E-state index in [0.29, 0.717) is 10.3 Å². The van der Waals surface area contributed by atoms with Crippen LogP contribution in [0.25, 0.3) is 0 Å². The normalized spacial score (nSPS) is 16.0. The first-order chi connectivity index (χ1) is 5.72. The summed E-state index contributed by atoms with van der Waals surface area (Å²) >= 11 is 2.27. The van der Waals surface area contributed by atoms with Gasteiger partial charge in [-0.1, -0.05) is 48.8 Å². The molecule has 0 aromatic rings. The lowest BCUT2D eigenvalue weighted by molar-refractivity contribution is 0.131. The van der Waals surface area contributed by atoms with E-state index in [1.807, 2.05) is 0 Å². The largest absolute Gasteiger partial charge is 0.396 e. The summed E-state index contributed by atoms with van der Waals surface area (Å²) in [6.07, 6.45) is 4.90. The number of aliphatic hydroxyl groups is 2. The van der Waals surface area contributed by atoms with Crippen molar-refractivity contribution < 1.29 is 10.2 Å². The molecule has 0 radical (unpaired) electrons. The average Bonchev–Trinajstić information content (AvgIpc) is 2.05. The molecule has 0 aromatic carbocycles. The van der Waals surface area contributed by atoms with Gasteiger partial charge in [-0.15, -0.1) is 0 Å². The van der Waals surface area contributed by atoms with Gasteiger partial charge in [0.25, 0.3) is 0 Å². The molecule has 0 amide bonds. The summed E-state index contributed by atoms with van der Waals surface area (Å²) in [5.74, 6) is 0. The quantitative estimate of drug-likeness (QED) is 0.427. The fourth-order valence-electron chi connectivity index (χ4n) is 1.09. The van der Waals surface area contributed by atoms with Crippen LogP contribution in [0.4, 0.5) is 0 Å². The van der Waals surface area contributed by atoms with Crippen molar-refractivity contribution >= 4 is 22.6 Å². The molecule has 74 valence electrons. The maximum absolute atomic E-state index is 9.45. The van der Waals surface area contributed by atoms with Crippen LogP contribution in [0.2, 0.25) is 0 Å². The van der Waals surface area contributed by atoms with Crippen molar-refractivity contribution in [3.8, 4) is 0 Å². The van der Waals surface area contributed by atoms with E-state index in [2.05, 4.69) is 29.5 Å². The second kappa shape index (κ2) is 8.26. The van der Waals surface area contributed by atoms with E-state index >= 15 is 0 Å². The topological polar surface area (TPSA) is 40.5 Å². The lowest BCUT2D eigenvalue weighted by Crippen LogP contribution is -2.21. The highest BCUT2D eigenvalue weighted by Crippen LogP contribution is 2.17. The Balaban J connectivity index is 3.35. The van der Waals surface area contributed by atoms with Gasteiger partial charge in [-0.3, -0.25) is 0 Å². The van der Waals surface area contributed by atoms with Crippen LogP contribution < -0.4 is 0 Å². The Morgan fingerprint density at radius 3 is 2.42 bits per heavy atom. The second-order valence-electron chi connectivity index (χ2n) is 3.09. The monoisotopic (exact) mass is 286 g/mol. The van der Waals surface area contributed by atoms with Gasteiger partial charge in [-0.25, -0.2) is 0 Å². The Kier molecular flexibility index (Phi) is 8.70. The first-order valence-corrected chi connectivity index (χ1v) is 5.90. The molecular weight excluding hydrogens is 267 g/mol. The van der Waals surface area contributed by atoms with Crippen molar-refractivity contribution in [1.82, 2.24) is 0 Å². The van der Waals surface area contributed by atoms with E-state index in [9.17, 15) is 5.11 Å². The van der Waals surface area contributed by atoms with Crippen LogP contribution >= 0.6 is 22.6 Å². The molecule has 0 unspecified atom stereocenters. The standard InChI is InChI=1S/C9H19IO2/c1-2-3-4-5-8(10)9(12)6-7-11/h8-9,11-12H,2-7H2,1H3/t8-,9-/m0/s1. The van der Waals surface area contributed by atoms with Gasteiger partial charge < -0.3 is 10.2 Å². The number of hydrogen-bond donors (Lipinski definition) is 2. The van der Waals surface area contributed by atoms with Crippen LogP contribution in [0, 0.1) is 0 Å². The molecule has 0 aliphatic rings. The fourth-order valence-corrected chi connectivity index (χ4v) is 1.89. The molecule has 0 rings (SSSR count). The molecule has 0 heterocycles. The van der Waals surface area contributed by atoms with Gasteiger partial charge in [0.05, 0.1) is 6.10 Å². The van der Waals surface area contributed by atoms with Crippen molar-refractivity contribution in [2.75, 3.05) is 6.61 Å². The van der Waals surface area contributed by atoms with E-state index in [4.69, 9.17) is 5.11 Å². The van der Waals surface area contributed by atoms with E-state index in [0.717, 1.165) is 6.42 Å². The maximum atomic E-state index is 9.45. The van der Waals surface area contributed by atoms with Crippen molar-refractivity contribution in [3.05, 3.63) is 0 Å². The molecular formula is C9H19IO2. The summed E-state index contributed by atoms with van der Waals surface area (Å²) in [6, 6.07) is 0. The van der Waals surface area contributed by atoms with Crippen LogP contribution in [0.15, 0.2) is 0 Å². The number of hydrogen-bond acceptors (Lipinski definition) is 2. The third-order valence-corrected chi connectivity index (χ3v) is 3.38. The third kappa shape index (κ3) is 6.20. The molecule has 2 nitrogen and oxygen atoms in total. The highest BCUT2D eigenvalue weighted by Gasteiger charge is 2.13. The summed E-state index contributed by atoms with van der Waals surface area (Å²) in [5, 5.41) is 18.0. The molecule has 0 aliphatic heterocycles. The van der Waals surface area contributed by atoms with Gasteiger partial charge in [0.1, 0.15) is 0 Å². The van der Waals surface area contributed by atoms with Crippen LogP contribution in [0.1, 0.15) is 39.0 Å². The minimum Gasteiger partial charge on any atom is -0.396 e. The van der Waals surface area contributed by atoms with Crippen LogP contribution in [-0.4, -0.2) is 26.8 Å². The van der Waals surface area contributed by atoms with Gasteiger partial charge >= 0.3 is 0 Å². The Morgan fingerprint density at radius 2 is 1.92 bits per heavy atom. The minimum atomic E-state index is -0.326. The Bertz CT molecular complexity index is 98.5. The van der Waals surface area contributed by atoms with Crippen molar-refractivity contribution in [2.24, 2.45) is 0 Å². The number of halogens is 1. The zero-order valence-electron chi connectivity index (χ0n) is 7.67. The van der Waals surface area contributed by atoms with Crippen LogP contribution in [0.3, 0.4) is 0 Å². The lowest BCUT2D eigenvalue weighted by atomic mass is 10.1. The number of alkyl halides is 1. The van der Waals surface area contributed by atoms with E-state index < -0.39 is 0 Å². The molecule has 3 heteroatoms. The number of aliphatic hydroxyl groups excluding tert-OH is 2. The van der Waals surface area contributed by atoms with Gasteiger partial charge in [0.15, 0.2) is 0 Å². The SMILES string of the molecule is CCCCC[C@H](I)[C@@H](O)CCO. The maximum Gasteiger partial charge on any atom is 0.0679 e. The highest BCUT2D eigenvalue weighted by atomic mass is 127. The first-order valence-electron chi connectivity index (χ1n) is 4.65. The molecule has 0 fully saturated rings. The fraction of sp³-hybridized carbons (Fsp3) is 1.00. The van der Waals surface area contributed by atoms with E-state index in [1.54, 1.807) is 0 Å². The van der Waals surface area contributed by atoms with Crippen LogP contribution in [0.5, 0.6) is 0 Å². The molecule has 0 saturated carbocycles. The van der Waals surface area contributed by atoms with Crippen LogP contribution in [-0.2, 0) is 0 Å². The van der Waals surface area contributed by atoms with Gasteiger partial charge in [0, 0.05) is 10.5 Å². The predicted octanol–water partition coefficient (Wildman–Crippen LogP) is 2.11. The molecule has 0 bridgehead atoms. The lowest BCUT2D eigenvalue weighted by Gasteiger charge is -2.15. The molecule has 12 heavy (non-hydrogen) atoms. The summed E-state index contributed by atoms with van der Waals surface area (Å²) in [4.78, 5) is 0. The van der Waals surface area contributed by atoms with E-state index in [-0.39, 0.29) is 12.7 Å². The molecule has 0 aromatic heterocycles. The average molecular weight is 286 g/mol. The number of unbranched alkanes of at least 4 members (excludes halogenated alkanes) is 2. The third-order valence-electron chi connectivity index (χ3n) is 1.93. The predicted molar refractivity (Wildman–Crippen MR) is 59.7 cm³/mol. The van der Waals surface area contributed by atoms with E-state index in [1.165, 1.54) is 19.3 Å². The van der Waals surface area contributed by atoms with Gasteiger partial charge in [-0.2, -0.15) is 0 Å². The highest BCUT2D eigenvalue weighted by molar-refractivity contribution is 14.1. The van der Waals surface area contributed by atoms with Crippen molar-refractivity contribution in [3.63, 3.8) is 0 Å². The molecule has 0 spiro atoms. The first kappa shape index (κ1) is 12.7. The molecule has 0 saturated heterocycles. The van der Waals surface area contributed by atoms with Crippen molar-refractivity contribution in [1.29, 1.82) is 0 Å². The summed E-state index contributed by atoms with van der Waals surface area (Å²) in [5.41, 5.74) is 0. The molecule has 2 N–H and O–H groups in total. The zero-order chi connectivity index (χ0) is 9.40. The summed E-state index contributed by atoms with van der Waals surface area (Å²) in [7, 11) is 0. The number of rotatable bonds is 7. The van der Waals surface area contributed by atoms with Crippen molar-refractivity contribution in [2.45, 2.75) is 49.1 Å². The summed E-state index contributed by atoms with van der Waals surface area (Å²) in [6.45, 7) is 2.26. The van der Waals surface area contributed by atoms with Gasteiger partial charge in [-0.05, 0) is 12.8 Å². The Hall–Kier alpha value is 0.650.